The lowest BCUT2D eigenvalue weighted by atomic mass is 10.1. The Hall–Kier alpha value is -0.500. The van der Waals surface area contributed by atoms with Crippen LogP contribution in [0.15, 0.2) is 16.6 Å². The van der Waals surface area contributed by atoms with Crippen LogP contribution in [0, 0.1) is 0 Å². The van der Waals surface area contributed by atoms with Gasteiger partial charge >= 0.3 is 0 Å². The molecular formula is C7H11ClN2. The Kier molecular flexibility index (Phi) is 2.33. The van der Waals surface area contributed by atoms with Crippen LogP contribution in [0.25, 0.3) is 0 Å². The van der Waals surface area contributed by atoms with E-state index in [-0.39, 0.29) is 5.38 Å². The Bertz CT molecular complexity index is 184. The van der Waals surface area contributed by atoms with Gasteiger partial charge in [-0.05, 0) is 12.0 Å². The van der Waals surface area contributed by atoms with E-state index in [4.69, 9.17) is 17.3 Å². The second kappa shape index (κ2) is 3.06. The fourth-order valence-corrected chi connectivity index (χ4v) is 1.16. The van der Waals surface area contributed by atoms with Crippen molar-refractivity contribution in [2.45, 2.75) is 18.7 Å². The third kappa shape index (κ3) is 1.51. The minimum absolute atomic E-state index is 0.0437. The third-order valence-electron chi connectivity index (χ3n) is 1.53. The molecule has 0 bridgehead atoms. The monoisotopic (exact) mass is 158 g/mol. The number of rotatable bonds is 1. The summed E-state index contributed by atoms with van der Waals surface area (Å²) in [5.41, 5.74) is 6.65. The number of amidine groups is 1. The Morgan fingerprint density at radius 1 is 1.90 bits per heavy atom. The summed E-state index contributed by atoms with van der Waals surface area (Å²) in [6.07, 6.45) is 2.89. The molecule has 2 N–H and O–H groups in total. The Balaban J connectivity index is 2.74. The summed E-state index contributed by atoms with van der Waals surface area (Å²) in [6.45, 7) is 2.67. The second-order valence-corrected chi connectivity index (χ2v) is 2.85. The van der Waals surface area contributed by atoms with Gasteiger partial charge in [-0.2, -0.15) is 0 Å². The quantitative estimate of drug-likeness (QED) is 0.574. The van der Waals surface area contributed by atoms with E-state index in [2.05, 4.69) is 4.99 Å². The number of hydrogen-bond donors (Lipinski definition) is 1. The van der Waals surface area contributed by atoms with Crippen molar-refractivity contribution in [2.24, 2.45) is 10.7 Å². The number of hydrogen-bond acceptors (Lipinski definition) is 2. The number of nitrogens with two attached hydrogens (primary N) is 1. The van der Waals surface area contributed by atoms with Crippen molar-refractivity contribution in [2.75, 3.05) is 6.54 Å². The second-order valence-electron chi connectivity index (χ2n) is 2.29. The molecule has 10 heavy (non-hydrogen) atoms. The molecule has 0 radical (unpaired) electrons. The molecule has 0 aromatic rings. The third-order valence-corrected chi connectivity index (χ3v) is 1.79. The van der Waals surface area contributed by atoms with E-state index in [1.54, 1.807) is 0 Å². The van der Waals surface area contributed by atoms with Crippen molar-refractivity contribution in [3.05, 3.63) is 11.6 Å². The highest BCUT2D eigenvalue weighted by atomic mass is 35.5. The first kappa shape index (κ1) is 7.61. The minimum Gasteiger partial charge on any atom is -0.384 e. The van der Waals surface area contributed by atoms with Crippen LogP contribution in [-0.4, -0.2) is 17.8 Å². The highest BCUT2D eigenvalue weighted by Crippen LogP contribution is 2.12. The van der Waals surface area contributed by atoms with Crippen molar-refractivity contribution in [3.63, 3.8) is 0 Å². The van der Waals surface area contributed by atoms with E-state index >= 15 is 0 Å². The van der Waals surface area contributed by atoms with Crippen LogP contribution in [0.3, 0.4) is 0 Å². The Labute approximate surface area is 65.8 Å². The number of nitrogens with zero attached hydrogens (tertiary/aromatic N) is 1. The maximum absolute atomic E-state index is 5.82. The molecule has 1 atom stereocenters. The molecule has 1 rings (SSSR count). The fraction of sp³-hybridized carbons (Fsp3) is 0.571. The van der Waals surface area contributed by atoms with Crippen LogP contribution in [0.4, 0.5) is 0 Å². The normalized spacial score (nSPS) is 25.6. The van der Waals surface area contributed by atoms with Gasteiger partial charge in [0.15, 0.2) is 0 Å². The van der Waals surface area contributed by atoms with Gasteiger partial charge in [-0.25, -0.2) is 0 Å². The van der Waals surface area contributed by atoms with Gasteiger partial charge < -0.3 is 5.73 Å². The molecular weight excluding hydrogens is 148 g/mol. The molecule has 0 saturated carbocycles. The van der Waals surface area contributed by atoms with Crippen LogP contribution >= 0.6 is 11.6 Å². The zero-order valence-corrected chi connectivity index (χ0v) is 6.73. The van der Waals surface area contributed by atoms with Crippen LogP contribution in [-0.2, 0) is 0 Å². The molecule has 0 aromatic carbocycles. The molecule has 56 valence electrons. The summed E-state index contributed by atoms with van der Waals surface area (Å²) in [6, 6.07) is 0. The first-order chi connectivity index (χ1) is 4.74. The molecule has 0 spiro atoms. The van der Waals surface area contributed by atoms with E-state index in [1.807, 2.05) is 13.0 Å². The van der Waals surface area contributed by atoms with Gasteiger partial charge in [0.2, 0.25) is 0 Å². The van der Waals surface area contributed by atoms with Gasteiger partial charge in [0.25, 0.3) is 0 Å². The number of halogens is 1. The Morgan fingerprint density at radius 3 is 3.10 bits per heavy atom. The SMILES string of the molecule is CCC1=CC(Cl)CN=C1N. The zero-order chi connectivity index (χ0) is 7.56. The molecule has 1 unspecified atom stereocenters. The molecule has 0 fully saturated rings. The number of alkyl halides is 1. The highest BCUT2D eigenvalue weighted by Gasteiger charge is 2.10. The molecule has 3 heteroatoms. The standard InChI is InChI=1S/C7H11ClN2/c1-2-5-3-6(8)4-10-7(5)9/h3,6H,2,4H2,1H3,(H2,9,10). The van der Waals surface area contributed by atoms with Crippen molar-refractivity contribution in [3.8, 4) is 0 Å². The van der Waals surface area contributed by atoms with Crippen LogP contribution in [0.1, 0.15) is 13.3 Å². The van der Waals surface area contributed by atoms with Gasteiger partial charge in [0, 0.05) is 0 Å². The summed E-state index contributed by atoms with van der Waals surface area (Å²) >= 11 is 5.82. The van der Waals surface area contributed by atoms with Crippen LogP contribution < -0.4 is 5.73 Å². The first-order valence-corrected chi connectivity index (χ1v) is 3.82. The van der Waals surface area contributed by atoms with Crippen molar-refractivity contribution >= 4 is 17.4 Å². The molecule has 1 aliphatic rings. The summed E-state index contributed by atoms with van der Waals surface area (Å²) in [7, 11) is 0. The summed E-state index contributed by atoms with van der Waals surface area (Å²) < 4.78 is 0. The molecule has 2 nitrogen and oxygen atoms in total. The zero-order valence-electron chi connectivity index (χ0n) is 5.97. The van der Waals surface area contributed by atoms with Gasteiger partial charge in [-0.15, -0.1) is 11.6 Å². The van der Waals surface area contributed by atoms with E-state index < -0.39 is 0 Å². The van der Waals surface area contributed by atoms with E-state index in [0.717, 1.165) is 12.0 Å². The minimum atomic E-state index is 0.0437. The molecule has 0 amide bonds. The summed E-state index contributed by atoms with van der Waals surface area (Å²) in [4.78, 5) is 4.06. The number of dihydropyridines is 1. The van der Waals surface area contributed by atoms with E-state index in [9.17, 15) is 0 Å². The molecule has 1 heterocycles. The van der Waals surface area contributed by atoms with E-state index in [1.165, 1.54) is 0 Å². The average Bonchev–Trinajstić information content (AvgIpc) is 1.94. The summed E-state index contributed by atoms with van der Waals surface area (Å²) in [5, 5.41) is 0.0437. The maximum atomic E-state index is 5.82. The lowest BCUT2D eigenvalue weighted by Crippen LogP contribution is -2.22. The lowest BCUT2D eigenvalue weighted by molar-refractivity contribution is 0.958. The molecule has 1 aliphatic heterocycles. The average molecular weight is 159 g/mol. The van der Waals surface area contributed by atoms with Gasteiger partial charge in [-0.3, -0.25) is 4.99 Å². The highest BCUT2D eigenvalue weighted by molar-refractivity contribution is 6.23. The molecule has 0 saturated heterocycles. The predicted molar refractivity (Wildman–Crippen MR) is 44.5 cm³/mol. The van der Waals surface area contributed by atoms with Crippen molar-refractivity contribution in [1.29, 1.82) is 0 Å². The van der Waals surface area contributed by atoms with Gasteiger partial charge in [0.1, 0.15) is 5.84 Å². The molecule has 0 aliphatic carbocycles. The van der Waals surface area contributed by atoms with Gasteiger partial charge in [0.05, 0.1) is 11.9 Å². The van der Waals surface area contributed by atoms with Gasteiger partial charge in [-0.1, -0.05) is 13.0 Å². The molecule has 0 aromatic heterocycles. The van der Waals surface area contributed by atoms with E-state index in [0.29, 0.717) is 12.4 Å². The smallest absolute Gasteiger partial charge is 0.121 e. The fourth-order valence-electron chi connectivity index (χ4n) is 0.942. The predicted octanol–water partition coefficient (Wildman–Crippen LogP) is 1.30. The van der Waals surface area contributed by atoms with Crippen LogP contribution in [0.5, 0.6) is 0 Å². The van der Waals surface area contributed by atoms with Crippen molar-refractivity contribution in [1.82, 2.24) is 0 Å². The maximum Gasteiger partial charge on any atom is 0.121 e. The number of aliphatic imine (C=N–C) groups is 1. The summed E-state index contributed by atoms with van der Waals surface area (Å²) in [5.74, 6) is 0.652. The first-order valence-electron chi connectivity index (χ1n) is 3.39. The van der Waals surface area contributed by atoms with Crippen LogP contribution in [0.2, 0.25) is 0 Å². The topological polar surface area (TPSA) is 38.4 Å². The largest absolute Gasteiger partial charge is 0.384 e. The lowest BCUT2D eigenvalue weighted by Gasteiger charge is -2.12. The Morgan fingerprint density at radius 2 is 2.60 bits per heavy atom. The van der Waals surface area contributed by atoms with Crippen molar-refractivity contribution < 1.29 is 0 Å².